The molecule has 3 rings (SSSR count). The number of amidine groups is 1. The van der Waals surface area contributed by atoms with Crippen molar-refractivity contribution in [2.75, 3.05) is 5.32 Å². The van der Waals surface area contributed by atoms with Gasteiger partial charge in [0.05, 0.1) is 4.90 Å². The third-order valence-electron chi connectivity index (χ3n) is 3.48. The van der Waals surface area contributed by atoms with Crippen LogP contribution in [0, 0.1) is 0 Å². The summed E-state index contributed by atoms with van der Waals surface area (Å²) in [6, 6.07) is 22.4. The van der Waals surface area contributed by atoms with E-state index in [1.54, 1.807) is 48.5 Å². The molecule has 0 saturated heterocycles. The number of hydrogen-bond acceptors (Lipinski definition) is 2. The number of sulfonamides is 1. The topological polar surface area (TPSA) is 58.5 Å². The maximum atomic E-state index is 12.7. The molecule has 0 amide bonds. The molecule has 0 aromatic heterocycles. The molecule has 132 valence electrons. The van der Waals surface area contributed by atoms with Crippen LogP contribution in [0.2, 0.25) is 5.02 Å². The minimum absolute atomic E-state index is 0.118. The average Bonchev–Trinajstić information content (AvgIpc) is 2.64. The number of anilines is 1. The van der Waals surface area contributed by atoms with Crippen LogP contribution in [0.3, 0.4) is 0 Å². The molecule has 0 aliphatic carbocycles. The van der Waals surface area contributed by atoms with Gasteiger partial charge in [0.15, 0.2) is 5.84 Å². The first-order valence-electron chi connectivity index (χ1n) is 7.63. The average molecular weight is 450 g/mol. The van der Waals surface area contributed by atoms with Gasteiger partial charge in [-0.15, -0.1) is 4.40 Å². The molecule has 0 atom stereocenters. The molecule has 3 aromatic rings. The summed E-state index contributed by atoms with van der Waals surface area (Å²) >= 11 is 9.20. The van der Waals surface area contributed by atoms with Crippen molar-refractivity contribution in [3.8, 4) is 0 Å². The van der Waals surface area contributed by atoms with Crippen molar-refractivity contribution in [3.63, 3.8) is 0 Å². The van der Waals surface area contributed by atoms with Crippen LogP contribution < -0.4 is 5.32 Å². The van der Waals surface area contributed by atoms with Gasteiger partial charge in [-0.3, -0.25) is 0 Å². The van der Waals surface area contributed by atoms with Gasteiger partial charge in [0.25, 0.3) is 10.0 Å². The second-order valence-electron chi connectivity index (χ2n) is 5.37. The summed E-state index contributed by atoms with van der Waals surface area (Å²) < 4.78 is 30.2. The first-order chi connectivity index (χ1) is 12.4. The van der Waals surface area contributed by atoms with Crippen molar-refractivity contribution in [2.45, 2.75) is 4.90 Å². The lowest BCUT2D eigenvalue weighted by Gasteiger charge is -2.11. The van der Waals surface area contributed by atoms with Gasteiger partial charge in [-0.1, -0.05) is 57.9 Å². The smallest absolute Gasteiger partial charge is 0.284 e. The first kappa shape index (κ1) is 18.6. The molecule has 3 aromatic carbocycles. The van der Waals surface area contributed by atoms with E-state index in [0.29, 0.717) is 16.3 Å². The van der Waals surface area contributed by atoms with Gasteiger partial charge < -0.3 is 5.32 Å². The highest BCUT2D eigenvalue weighted by Crippen LogP contribution is 2.19. The second-order valence-corrected chi connectivity index (χ2v) is 8.32. The van der Waals surface area contributed by atoms with E-state index in [1.165, 1.54) is 12.1 Å². The number of halogens is 2. The zero-order valence-electron chi connectivity index (χ0n) is 13.4. The van der Waals surface area contributed by atoms with Gasteiger partial charge in [0, 0.05) is 20.7 Å². The van der Waals surface area contributed by atoms with E-state index in [-0.39, 0.29) is 10.7 Å². The molecule has 26 heavy (non-hydrogen) atoms. The van der Waals surface area contributed by atoms with Crippen LogP contribution >= 0.6 is 27.5 Å². The number of rotatable bonds is 4. The van der Waals surface area contributed by atoms with Crippen molar-refractivity contribution in [2.24, 2.45) is 4.40 Å². The standard InChI is InChI=1S/C19H14BrClN2O2S/c20-15-6-12-18(13-7-15)26(24,25)23-19(14-4-2-1-3-5-14)22-17-10-8-16(21)9-11-17/h1-13H,(H,22,23). The molecule has 0 saturated carbocycles. The monoisotopic (exact) mass is 448 g/mol. The van der Waals surface area contributed by atoms with E-state index in [0.717, 1.165) is 4.47 Å². The van der Waals surface area contributed by atoms with Crippen LogP contribution in [0.1, 0.15) is 5.56 Å². The first-order valence-corrected chi connectivity index (χ1v) is 10.2. The Morgan fingerprint density at radius 2 is 1.50 bits per heavy atom. The number of nitrogens with one attached hydrogen (secondary N) is 1. The highest BCUT2D eigenvalue weighted by Gasteiger charge is 2.16. The maximum absolute atomic E-state index is 12.7. The SMILES string of the molecule is O=S(=O)(/N=C(\Nc1ccc(Cl)cc1)c1ccccc1)c1ccc(Br)cc1. The minimum atomic E-state index is -3.87. The Morgan fingerprint density at radius 3 is 2.12 bits per heavy atom. The molecule has 0 unspecified atom stereocenters. The molecule has 1 N–H and O–H groups in total. The molecular weight excluding hydrogens is 436 g/mol. The lowest BCUT2D eigenvalue weighted by molar-refractivity contribution is 0.598. The molecular formula is C19H14BrClN2O2S. The van der Waals surface area contributed by atoms with E-state index in [2.05, 4.69) is 25.6 Å². The largest absolute Gasteiger partial charge is 0.339 e. The molecule has 4 nitrogen and oxygen atoms in total. The molecule has 0 radical (unpaired) electrons. The van der Waals surface area contributed by atoms with Crippen LogP contribution in [0.4, 0.5) is 5.69 Å². The Balaban J connectivity index is 2.03. The predicted octanol–water partition coefficient (Wildman–Crippen LogP) is 5.35. The van der Waals surface area contributed by atoms with Crippen LogP contribution in [-0.2, 0) is 10.0 Å². The predicted molar refractivity (Wildman–Crippen MR) is 109 cm³/mol. The summed E-state index contributed by atoms with van der Waals surface area (Å²) in [4.78, 5) is 0.118. The van der Waals surface area contributed by atoms with Gasteiger partial charge >= 0.3 is 0 Å². The van der Waals surface area contributed by atoms with E-state index in [4.69, 9.17) is 11.6 Å². The summed E-state index contributed by atoms with van der Waals surface area (Å²) in [6.07, 6.45) is 0. The Bertz CT molecular complexity index is 1020. The van der Waals surface area contributed by atoms with E-state index in [9.17, 15) is 8.42 Å². The van der Waals surface area contributed by atoms with Crippen molar-refractivity contribution in [3.05, 3.63) is 93.9 Å². The summed E-state index contributed by atoms with van der Waals surface area (Å²) in [5.41, 5.74) is 1.34. The molecule has 0 bridgehead atoms. The van der Waals surface area contributed by atoms with Crippen molar-refractivity contribution in [1.82, 2.24) is 0 Å². The molecule has 7 heteroatoms. The Labute approximate surface area is 165 Å². The van der Waals surface area contributed by atoms with Crippen molar-refractivity contribution < 1.29 is 8.42 Å². The summed E-state index contributed by atoms with van der Waals surface area (Å²) in [5, 5.41) is 3.66. The van der Waals surface area contributed by atoms with Crippen LogP contribution in [0.25, 0.3) is 0 Å². The maximum Gasteiger partial charge on any atom is 0.284 e. The lowest BCUT2D eigenvalue weighted by Crippen LogP contribution is -2.16. The molecule has 0 aliphatic heterocycles. The summed E-state index contributed by atoms with van der Waals surface area (Å²) in [6.45, 7) is 0. The zero-order chi connectivity index (χ0) is 18.6. The second kappa shape index (κ2) is 8.03. The third kappa shape index (κ3) is 4.72. The van der Waals surface area contributed by atoms with Crippen LogP contribution in [0.5, 0.6) is 0 Å². The number of hydrogen-bond donors (Lipinski definition) is 1. The molecule has 0 spiro atoms. The van der Waals surface area contributed by atoms with Crippen LogP contribution in [-0.4, -0.2) is 14.3 Å². The Hall–Kier alpha value is -2.15. The highest BCUT2D eigenvalue weighted by atomic mass is 79.9. The molecule has 0 heterocycles. The van der Waals surface area contributed by atoms with Gasteiger partial charge in [-0.2, -0.15) is 8.42 Å². The quantitative estimate of drug-likeness (QED) is 0.431. The summed E-state index contributed by atoms with van der Waals surface area (Å²) in [5.74, 6) is 0.232. The van der Waals surface area contributed by atoms with Gasteiger partial charge in [-0.25, -0.2) is 0 Å². The highest BCUT2D eigenvalue weighted by molar-refractivity contribution is 9.10. The number of benzene rings is 3. The van der Waals surface area contributed by atoms with E-state index >= 15 is 0 Å². The zero-order valence-corrected chi connectivity index (χ0v) is 16.6. The van der Waals surface area contributed by atoms with Gasteiger partial charge in [0.2, 0.25) is 0 Å². The van der Waals surface area contributed by atoms with Crippen molar-refractivity contribution in [1.29, 1.82) is 0 Å². The fourth-order valence-electron chi connectivity index (χ4n) is 2.19. The number of nitrogens with zero attached hydrogens (tertiary/aromatic N) is 1. The third-order valence-corrected chi connectivity index (χ3v) is 5.55. The molecule has 0 aliphatic rings. The lowest BCUT2D eigenvalue weighted by atomic mass is 10.2. The fourth-order valence-corrected chi connectivity index (χ4v) is 3.56. The van der Waals surface area contributed by atoms with Crippen molar-refractivity contribution >= 4 is 49.1 Å². The molecule has 0 fully saturated rings. The Kier molecular flexibility index (Phi) is 5.76. The normalized spacial score (nSPS) is 12.0. The van der Waals surface area contributed by atoms with Gasteiger partial charge in [-0.05, 0) is 48.5 Å². The van der Waals surface area contributed by atoms with Crippen LogP contribution in [0.15, 0.2) is 92.6 Å². The summed E-state index contributed by atoms with van der Waals surface area (Å²) in [7, 11) is -3.87. The van der Waals surface area contributed by atoms with E-state index < -0.39 is 10.0 Å². The fraction of sp³-hybridized carbons (Fsp3) is 0. The Morgan fingerprint density at radius 1 is 0.885 bits per heavy atom. The van der Waals surface area contributed by atoms with E-state index in [1.807, 2.05) is 18.2 Å². The minimum Gasteiger partial charge on any atom is -0.339 e. The van der Waals surface area contributed by atoms with Gasteiger partial charge in [0.1, 0.15) is 0 Å².